The summed E-state index contributed by atoms with van der Waals surface area (Å²) in [6, 6.07) is 53.4. The third-order valence-corrected chi connectivity index (χ3v) is 11.0. The van der Waals surface area contributed by atoms with Crippen molar-refractivity contribution in [3.05, 3.63) is 152 Å². The Hall–Kier alpha value is -6.30. The van der Waals surface area contributed by atoms with Crippen LogP contribution >= 0.6 is 11.3 Å². The Kier molecular flexibility index (Phi) is 5.51. The monoisotopic (exact) mass is 643 g/mol. The van der Waals surface area contributed by atoms with Crippen molar-refractivity contribution < 1.29 is 4.42 Å². The Morgan fingerprint density at radius 3 is 1.96 bits per heavy atom. The minimum atomic E-state index is 0.622. The van der Waals surface area contributed by atoms with Crippen LogP contribution < -0.4 is 0 Å². The van der Waals surface area contributed by atoms with Gasteiger partial charge in [0, 0.05) is 37.2 Å². The van der Waals surface area contributed by atoms with Gasteiger partial charge < -0.3 is 4.42 Å². The smallest absolute Gasteiger partial charge is 0.236 e. The highest BCUT2D eigenvalue weighted by atomic mass is 32.1. The van der Waals surface area contributed by atoms with Gasteiger partial charge in [-0.05, 0) is 40.1 Å². The van der Waals surface area contributed by atoms with Gasteiger partial charge in [-0.3, -0.25) is 4.57 Å². The van der Waals surface area contributed by atoms with E-state index in [0.717, 1.165) is 81.7 Å². The fourth-order valence-electron chi connectivity index (χ4n) is 7.66. The second-order valence-electron chi connectivity index (χ2n) is 12.5. The summed E-state index contributed by atoms with van der Waals surface area (Å²) >= 11 is 1.75. The fourth-order valence-corrected chi connectivity index (χ4v) is 8.82. The lowest BCUT2D eigenvalue weighted by Crippen LogP contribution is -2.03. The van der Waals surface area contributed by atoms with Gasteiger partial charge in [0.2, 0.25) is 5.95 Å². The summed E-state index contributed by atoms with van der Waals surface area (Å²) in [6.45, 7) is 0. The van der Waals surface area contributed by atoms with Crippen molar-refractivity contribution in [1.29, 1.82) is 0 Å². The maximum atomic E-state index is 6.86. The maximum absolute atomic E-state index is 6.86. The molecule has 0 spiro atoms. The predicted molar refractivity (Wildman–Crippen MR) is 205 cm³/mol. The Bertz CT molecular complexity index is 3100. The number of hydrogen-bond donors (Lipinski definition) is 0. The summed E-state index contributed by atoms with van der Waals surface area (Å²) in [5, 5.41) is 7.96. The fraction of sp³-hybridized carbons (Fsp3) is 0. The SMILES string of the molecule is c1ccc(-c2ccc3c4c5ccccc5c5c6ccccc6oc5c4n(-c4nc(-c5ccccc5)c5sc6ccccc6c5n4)c3c2)cc1. The maximum Gasteiger partial charge on any atom is 0.236 e. The molecular formula is C44H25N3OS. The van der Waals surface area contributed by atoms with E-state index in [1.165, 1.54) is 15.5 Å². The van der Waals surface area contributed by atoms with Gasteiger partial charge in [0.25, 0.3) is 0 Å². The van der Waals surface area contributed by atoms with Gasteiger partial charge in [-0.2, -0.15) is 0 Å². The molecule has 7 aromatic carbocycles. The first-order valence-corrected chi connectivity index (χ1v) is 17.2. The molecule has 11 rings (SSSR count). The van der Waals surface area contributed by atoms with Gasteiger partial charge in [0.05, 0.1) is 21.4 Å². The number of hydrogen-bond acceptors (Lipinski definition) is 4. The quantitative estimate of drug-likeness (QED) is 0.192. The van der Waals surface area contributed by atoms with Gasteiger partial charge in [-0.1, -0.05) is 133 Å². The second-order valence-corrected chi connectivity index (χ2v) is 13.6. The topological polar surface area (TPSA) is 43.9 Å². The Labute approximate surface area is 284 Å². The van der Waals surface area contributed by atoms with Crippen molar-refractivity contribution in [1.82, 2.24) is 14.5 Å². The summed E-state index contributed by atoms with van der Waals surface area (Å²) in [4.78, 5) is 10.9. The number of thiophene rings is 1. The second kappa shape index (κ2) is 10.1. The van der Waals surface area contributed by atoms with E-state index in [2.05, 4.69) is 150 Å². The van der Waals surface area contributed by atoms with Crippen molar-refractivity contribution in [3.63, 3.8) is 0 Å². The number of para-hydroxylation sites is 1. The number of nitrogens with zero attached hydrogens (tertiary/aromatic N) is 3. The molecular weight excluding hydrogens is 619 g/mol. The first kappa shape index (κ1) is 26.7. The predicted octanol–water partition coefficient (Wildman–Crippen LogP) is 12.3. The molecule has 0 unspecified atom stereocenters. The van der Waals surface area contributed by atoms with E-state index < -0.39 is 0 Å². The standard InChI is InChI=1S/C44H25N3OS/c1-3-13-26(14-4-1)28-23-24-31-34(25-28)47(41-37(31)29-17-7-8-18-30(29)38-32-19-9-11-21-35(32)48-42(38)41)44-45-39(27-15-5-2-6-16-27)43-40(46-44)33-20-10-12-22-36(33)49-43/h1-25H. The van der Waals surface area contributed by atoms with Gasteiger partial charge in [0.1, 0.15) is 11.1 Å². The van der Waals surface area contributed by atoms with E-state index in [4.69, 9.17) is 14.4 Å². The summed E-state index contributed by atoms with van der Waals surface area (Å²) in [5.41, 5.74) is 8.95. The molecule has 0 saturated heterocycles. The first-order chi connectivity index (χ1) is 24.3. The van der Waals surface area contributed by atoms with Crippen LogP contribution in [0.15, 0.2) is 156 Å². The Morgan fingerprint density at radius 2 is 1.16 bits per heavy atom. The van der Waals surface area contributed by atoms with E-state index in [9.17, 15) is 0 Å². The Morgan fingerprint density at radius 1 is 0.510 bits per heavy atom. The molecule has 4 heterocycles. The summed E-state index contributed by atoms with van der Waals surface area (Å²) in [7, 11) is 0. The molecule has 0 atom stereocenters. The number of aromatic nitrogens is 3. The summed E-state index contributed by atoms with van der Waals surface area (Å²) in [6.07, 6.45) is 0. The van der Waals surface area contributed by atoms with Crippen molar-refractivity contribution in [2.45, 2.75) is 0 Å². The molecule has 4 aromatic heterocycles. The van der Waals surface area contributed by atoms with Crippen LogP contribution in [-0.2, 0) is 0 Å². The molecule has 4 nitrogen and oxygen atoms in total. The van der Waals surface area contributed by atoms with Gasteiger partial charge in [-0.15, -0.1) is 11.3 Å². The highest BCUT2D eigenvalue weighted by molar-refractivity contribution is 7.26. The molecule has 0 amide bonds. The Balaban J connectivity index is 1.39. The zero-order chi connectivity index (χ0) is 32.1. The van der Waals surface area contributed by atoms with Crippen LogP contribution in [0.2, 0.25) is 0 Å². The van der Waals surface area contributed by atoms with Gasteiger partial charge in [0.15, 0.2) is 5.58 Å². The lowest BCUT2D eigenvalue weighted by molar-refractivity contribution is 0.671. The third-order valence-electron chi connectivity index (χ3n) is 9.81. The van der Waals surface area contributed by atoms with E-state index in [1.54, 1.807) is 11.3 Å². The van der Waals surface area contributed by atoms with Gasteiger partial charge in [-0.25, -0.2) is 9.97 Å². The zero-order valence-corrected chi connectivity index (χ0v) is 26.9. The van der Waals surface area contributed by atoms with Crippen molar-refractivity contribution in [2.24, 2.45) is 0 Å². The van der Waals surface area contributed by atoms with Crippen LogP contribution in [0.1, 0.15) is 0 Å². The molecule has 11 aromatic rings. The molecule has 5 heteroatoms. The summed E-state index contributed by atoms with van der Waals surface area (Å²) in [5.74, 6) is 0.622. The number of fused-ring (bicyclic) bond motifs is 13. The normalized spacial score (nSPS) is 12.1. The third kappa shape index (κ3) is 3.79. The highest BCUT2D eigenvalue weighted by Crippen LogP contribution is 2.47. The van der Waals surface area contributed by atoms with Crippen LogP contribution in [0.25, 0.3) is 103 Å². The largest absolute Gasteiger partial charge is 0.454 e. The van der Waals surface area contributed by atoms with Crippen LogP contribution in [0, 0.1) is 0 Å². The van der Waals surface area contributed by atoms with E-state index in [1.807, 2.05) is 6.07 Å². The van der Waals surface area contributed by atoms with Crippen LogP contribution in [0.4, 0.5) is 0 Å². The number of furan rings is 1. The van der Waals surface area contributed by atoms with Crippen LogP contribution in [0.3, 0.4) is 0 Å². The molecule has 0 saturated carbocycles. The van der Waals surface area contributed by atoms with E-state index in [0.29, 0.717) is 5.95 Å². The van der Waals surface area contributed by atoms with E-state index >= 15 is 0 Å². The summed E-state index contributed by atoms with van der Waals surface area (Å²) < 4.78 is 11.4. The van der Waals surface area contributed by atoms with Crippen LogP contribution in [0.5, 0.6) is 0 Å². The van der Waals surface area contributed by atoms with Crippen molar-refractivity contribution >= 4 is 86.2 Å². The molecule has 0 bridgehead atoms. The number of benzene rings is 7. The molecule has 49 heavy (non-hydrogen) atoms. The molecule has 0 aliphatic heterocycles. The highest BCUT2D eigenvalue weighted by Gasteiger charge is 2.25. The first-order valence-electron chi connectivity index (χ1n) is 16.4. The number of rotatable bonds is 3. The molecule has 0 fully saturated rings. The molecule has 0 aliphatic carbocycles. The molecule has 0 radical (unpaired) electrons. The average Bonchev–Trinajstić information content (AvgIpc) is 3.85. The molecule has 0 N–H and O–H groups in total. The van der Waals surface area contributed by atoms with Gasteiger partial charge >= 0.3 is 0 Å². The average molecular weight is 644 g/mol. The minimum absolute atomic E-state index is 0.622. The zero-order valence-electron chi connectivity index (χ0n) is 26.1. The lowest BCUT2D eigenvalue weighted by atomic mass is 9.98. The van der Waals surface area contributed by atoms with Crippen LogP contribution in [-0.4, -0.2) is 14.5 Å². The lowest BCUT2D eigenvalue weighted by Gasteiger charge is -2.11. The molecule has 0 aliphatic rings. The van der Waals surface area contributed by atoms with Crippen molar-refractivity contribution in [3.8, 4) is 28.3 Å². The minimum Gasteiger partial charge on any atom is -0.454 e. The molecule has 228 valence electrons. The van der Waals surface area contributed by atoms with E-state index in [-0.39, 0.29) is 0 Å². The van der Waals surface area contributed by atoms with Crippen molar-refractivity contribution in [2.75, 3.05) is 0 Å².